The molecule has 1 saturated heterocycles. The molecular weight excluding hydrogens is 504 g/mol. The molecule has 2 aliphatic rings. The van der Waals surface area contributed by atoms with Crippen molar-refractivity contribution in [2.75, 3.05) is 43.5 Å². The van der Waals surface area contributed by atoms with Crippen molar-refractivity contribution >= 4 is 41.1 Å². The van der Waals surface area contributed by atoms with Crippen LogP contribution in [0.2, 0.25) is 0 Å². The molecule has 38 heavy (non-hydrogen) atoms. The quantitative estimate of drug-likeness (QED) is 0.249. The molecule has 0 bridgehead atoms. The monoisotopic (exact) mass is 538 g/mol. The number of carboxylic acids is 1. The van der Waals surface area contributed by atoms with Gasteiger partial charge in [0.1, 0.15) is 0 Å². The maximum atomic E-state index is 13.4. The number of rotatable bonds is 11. The van der Waals surface area contributed by atoms with Crippen LogP contribution in [0.4, 0.5) is 10.5 Å². The van der Waals surface area contributed by atoms with Crippen molar-refractivity contribution in [3.8, 4) is 0 Å². The van der Waals surface area contributed by atoms with Crippen LogP contribution in [0, 0.1) is 0 Å². The fraction of sp³-hybridized carbons (Fsp3) is 0.429. The van der Waals surface area contributed by atoms with Crippen LogP contribution in [0.3, 0.4) is 0 Å². The number of thioether (sulfide) groups is 1. The highest BCUT2D eigenvalue weighted by atomic mass is 32.2. The molecule has 0 aromatic heterocycles. The summed E-state index contributed by atoms with van der Waals surface area (Å²) >= 11 is 1.66. The Kier molecular flexibility index (Phi) is 9.78. The largest absolute Gasteiger partial charge is 0.478 e. The molecule has 0 unspecified atom stereocenters. The van der Waals surface area contributed by atoms with Gasteiger partial charge < -0.3 is 19.6 Å². The minimum atomic E-state index is -0.934. The normalized spacial score (nSPS) is 16.1. The number of amides is 3. The Morgan fingerprint density at radius 2 is 1.84 bits per heavy atom. The van der Waals surface area contributed by atoms with Crippen molar-refractivity contribution in [3.05, 3.63) is 59.2 Å². The Balaban J connectivity index is 1.46. The van der Waals surface area contributed by atoms with E-state index in [2.05, 4.69) is 17.5 Å². The molecule has 0 atom stereocenters. The van der Waals surface area contributed by atoms with Crippen molar-refractivity contribution in [2.45, 2.75) is 43.9 Å². The van der Waals surface area contributed by atoms with Gasteiger partial charge in [0.2, 0.25) is 0 Å². The summed E-state index contributed by atoms with van der Waals surface area (Å²) in [6.07, 6.45) is 4.98. The number of nitrogens with one attached hydrogen (secondary N) is 1. The predicted molar refractivity (Wildman–Crippen MR) is 148 cm³/mol. The highest BCUT2D eigenvalue weighted by Gasteiger charge is 2.34. The van der Waals surface area contributed by atoms with Gasteiger partial charge in [0.15, 0.2) is 5.71 Å². The Labute approximate surface area is 227 Å². The summed E-state index contributed by atoms with van der Waals surface area (Å²) < 4.78 is 5.30. The molecule has 4 rings (SSSR count). The molecule has 3 amide bonds. The highest BCUT2D eigenvalue weighted by molar-refractivity contribution is 7.99. The average molecular weight is 539 g/mol. The summed E-state index contributed by atoms with van der Waals surface area (Å²) in [5, 5.41) is 13.4. The van der Waals surface area contributed by atoms with E-state index in [-0.39, 0.29) is 23.2 Å². The third-order valence-corrected chi connectivity index (χ3v) is 7.61. The minimum absolute atomic E-state index is 0.195. The summed E-state index contributed by atoms with van der Waals surface area (Å²) in [5.74, 6) is -0.337. The molecule has 1 fully saturated rings. The van der Waals surface area contributed by atoms with Gasteiger partial charge in [0.25, 0.3) is 5.91 Å². The molecule has 0 spiro atoms. The van der Waals surface area contributed by atoms with E-state index in [9.17, 15) is 14.4 Å². The number of fused-ring (bicyclic) bond motifs is 1. The van der Waals surface area contributed by atoms with E-state index in [1.807, 2.05) is 30.3 Å². The summed E-state index contributed by atoms with van der Waals surface area (Å²) in [5.41, 5.74) is 5.72. The molecule has 0 radical (unpaired) electrons. The van der Waals surface area contributed by atoms with Gasteiger partial charge in [-0.2, -0.15) is 5.10 Å². The maximum absolute atomic E-state index is 13.4. The van der Waals surface area contributed by atoms with Crippen LogP contribution in [0.15, 0.2) is 52.5 Å². The molecule has 2 aromatic rings. The summed E-state index contributed by atoms with van der Waals surface area (Å²) in [7, 11) is 0. The lowest BCUT2D eigenvalue weighted by molar-refractivity contribution is -0.112. The zero-order valence-corrected chi connectivity index (χ0v) is 22.5. The first-order chi connectivity index (χ1) is 18.5. The third kappa shape index (κ3) is 6.93. The Morgan fingerprint density at radius 3 is 2.55 bits per heavy atom. The number of aromatic carboxylic acids is 1. The molecule has 0 saturated carbocycles. The van der Waals surface area contributed by atoms with E-state index in [0.717, 1.165) is 59.6 Å². The van der Waals surface area contributed by atoms with Gasteiger partial charge in [-0.3, -0.25) is 4.79 Å². The number of nitrogens with zero attached hydrogens (tertiary/aromatic N) is 3. The van der Waals surface area contributed by atoms with Crippen LogP contribution in [0.25, 0.3) is 0 Å². The van der Waals surface area contributed by atoms with Gasteiger partial charge in [-0.25, -0.2) is 15.0 Å². The van der Waals surface area contributed by atoms with Crippen molar-refractivity contribution in [2.24, 2.45) is 5.10 Å². The molecule has 202 valence electrons. The number of hydrazone groups is 1. The first-order valence-electron chi connectivity index (χ1n) is 13.1. The molecule has 2 heterocycles. The number of carbonyl (C=O) groups is 3. The number of hydrogen-bond donors (Lipinski definition) is 2. The second-order valence-electron chi connectivity index (χ2n) is 9.27. The van der Waals surface area contributed by atoms with Crippen LogP contribution in [0.5, 0.6) is 0 Å². The number of hydrogen-bond acceptors (Lipinski definition) is 6. The zero-order valence-electron chi connectivity index (χ0n) is 21.6. The van der Waals surface area contributed by atoms with Crippen LogP contribution >= 0.6 is 11.8 Å². The number of carboxylic acid groups (broad SMARTS) is 1. The second-order valence-corrected chi connectivity index (χ2v) is 10.4. The lowest BCUT2D eigenvalue weighted by atomic mass is 10.1. The number of anilines is 1. The zero-order chi connectivity index (χ0) is 26.9. The van der Waals surface area contributed by atoms with Crippen molar-refractivity contribution < 1.29 is 24.2 Å². The molecule has 0 aliphatic carbocycles. The third-order valence-electron chi connectivity index (χ3n) is 6.62. The number of unbranched alkanes of at least 4 members (excludes halogenated alkanes) is 3. The van der Waals surface area contributed by atoms with Crippen LogP contribution in [-0.4, -0.2) is 72.2 Å². The molecule has 2 N–H and O–H groups in total. The first kappa shape index (κ1) is 27.7. The van der Waals surface area contributed by atoms with E-state index >= 15 is 0 Å². The van der Waals surface area contributed by atoms with Gasteiger partial charge in [-0.15, -0.1) is 11.8 Å². The van der Waals surface area contributed by atoms with Gasteiger partial charge in [0.05, 0.1) is 24.5 Å². The SMILES string of the molecule is CCCCCCN1C(=O)C(=NNC(=O)N2CCOCC2)c2cc(SCCc3ccc(C(=O)O)cc3)ccc21. The standard InChI is InChI=1S/C28H34N4O5S/c1-2-3-4-5-13-32-24-11-10-22(38-18-12-20-6-8-21(9-7-20)27(34)35)19-23(24)25(26(32)33)29-30-28(36)31-14-16-37-17-15-31/h6-11,19H,2-5,12-18H2,1H3,(H,30,36)(H,34,35). The number of urea groups is 1. The minimum Gasteiger partial charge on any atom is -0.478 e. The van der Waals surface area contributed by atoms with Gasteiger partial charge in [0, 0.05) is 35.8 Å². The van der Waals surface area contributed by atoms with Crippen molar-refractivity contribution in [3.63, 3.8) is 0 Å². The first-order valence-corrected chi connectivity index (χ1v) is 14.1. The maximum Gasteiger partial charge on any atom is 0.337 e. The smallest absolute Gasteiger partial charge is 0.337 e. The van der Waals surface area contributed by atoms with Crippen molar-refractivity contribution in [1.29, 1.82) is 0 Å². The molecule has 2 aromatic carbocycles. The number of benzene rings is 2. The number of ether oxygens (including phenoxy) is 1. The fourth-order valence-corrected chi connectivity index (χ4v) is 5.39. The highest BCUT2D eigenvalue weighted by Crippen LogP contribution is 2.33. The predicted octanol–water partition coefficient (Wildman–Crippen LogP) is 4.39. The average Bonchev–Trinajstić information content (AvgIpc) is 3.20. The van der Waals surface area contributed by atoms with Crippen LogP contribution in [0.1, 0.15) is 54.1 Å². The second kappa shape index (κ2) is 13.4. The van der Waals surface area contributed by atoms with Gasteiger partial charge >= 0.3 is 12.0 Å². The number of carbonyl (C=O) groups excluding carboxylic acids is 2. The number of morpholine rings is 1. The molecule has 9 nitrogen and oxygen atoms in total. The van der Waals surface area contributed by atoms with Gasteiger partial charge in [-0.05, 0) is 48.7 Å². The molecule has 2 aliphatic heterocycles. The van der Waals surface area contributed by atoms with Crippen molar-refractivity contribution in [1.82, 2.24) is 10.3 Å². The van der Waals surface area contributed by atoms with E-state index < -0.39 is 5.97 Å². The lowest BCUT2D eigenvalue weighted by Gasteiger charge is -2.25. The number of aryl methyl sites for hydroxylation is 1. The van der Waals surface area contributed by atoms with E-state index in [1.165, 1.54) is 0 Å². The van der Waals surface area contributed by atoms with E-state index in [0.29, 0.717) is 32.8 Å². The van der Waals surface area contributed by atoms with E-state index in [1.54, 1.807) is 33.7 Å². The fourth-order valence-electron chi connectivity index (χ4n) is 4.45. The summed E-state index contributed by atoms with van der Waals surface area (Å²) in [6.45, 7) is 4.72. The summed E-state index contributed by atoms with van der Waals surface area (Å²) in [4.78, 5) is 41.4. The summed E-state index contributed by atoms with van der Waals surface area (Å²) in [6, 6.07) is 12.5. The van der Waals surface area contributed by atoms with Crippen LogP contribution < -0.4 is 10.3 Å². The lowest BCUT2D eigenvalue weighted by Crippen LogP contribution is -2.45. The Bertz CT molecular complexity index is 1180. The van der Waals surface area contributed by atoms with Crippen LogP contribution in [-0.2, 0) is 16.0 Å². The van der Waals surface area contributed by atoms with Gasteiger partial charge in [-0.1, -0.05) is 38.3 Å². The van der Waals surface area contributed by atoms with E-state index in [4.69, 9.17) is 9.84 Å². The molecule has 10 heteroatoms. The Morgan fingerprint density at radius 1 is 1.08 bits per heavy atom. The Hall–Kier alpha value is -3.37. The topological polar surface area (TPSA) is 112 Å². The molecular formula is C28H34N4O5S.